The van der Waals surface area contributed by atoms with Gasteiger partial charge in [0.15, 0.2) is 0 Å². The molecule has 0 bridgehead atoms. The highest BCUT2D eigenvalue weighted by Crippen LogP contribution is 2.41. The molecule has 1 fully saturated rings. The Morgan fingerprint density at radius 2 is 2.00 bits per heavy atom. The first-order valence-electron chi connectivity index (χ1n) is 6.27. The summed E-state index contributed by atoms with van der Waals surface area (Å²) in [6, 6.07) is 7.07. The summed E-state index contributed by atoms with van der Waals surface area (Å²) >= 11 is 2.11. The maximum Gasteiger partial charge on any atom is 0.421 e. The molecule has 2 atom stereocenters. The molecule has 8 heteroatoms. The Morgan fingerprint density at radius 3 is 2.64 bits per heavy atom. The molecule has 2 aromatic rings. The van der Waals surface area contributed by atoms with Crippen molar-refractivity contribution in [1.82, 2.24) is 4.98 Å². The van der Waals surface area contributed by atoms with Crippen LogP contribution in [0.1, 0.15) is 17.2 Å². The van der Waals surface area contributed by atoms with Gasteiger partial charge in [0, 0.05) is 15.3 Å². The number of epoxide rings is 1. The molecule has 2 heterocycles. The number of ether oxygens (including phenoxy) is 2. The second-order valence-corrected chi connectivity index (χ2v) is 5.82. The van der Waals surface area contributed by atoms with E-state index < -0.39 is 17.6 Å². The molecule has 1 aliphatic heterocycles. The van der Waals surface area contributed by atoms with Crippen LogP contribution < -0.4 is 10.5 Å². The van der Waals surface area contributed by atoms with Crippen LogP contribution in [0.25, 0.3) is 0 Å². The Morgan fingerprint density at radius 1 is 1.27 bits per heavy atom. The molecular formula is C14H10F3IN2O2. The molecule has 3 rings (SSSR count). The van der Waals surface area contributed by atoms with Gasteiger partial charge < -0.3 is 15.2 Å². The Kier molecular flexibility index (Phi) is 4.00. The highest BCUT2D eigenvalue weighted by molar-refractivity contribution is 14.1. The van der Waals surface area contributed by atoms with Crippen molar-refractivity contribution in [2.45, 2.75) is 18.5 Å². The Hall–Kier alpha value is -1.39. The van der Waals surface area contributed by atoms with Gasteiger partial charge in [0.25, 0.3) is 0 Å². The lowest BCUT2D eigenvalue weighted by molar-refractivity contribution is -0.138. The molecule has 1 aromatic heterocycles. The van der Waals surface area contributed by atoms with E-state index in [9.17, 15) is 13.2 Å². The number of pyridine rings is 1. The fourth-order valence-electron chi connectivity index (χ4n) is 1.98. The first-order valence-corrected chi connectivity index (χ1v) is 7.34. The molecule has 0 aliphatic carbocycles. The molecular weight excluding hydrogens is 412 g/mol. The number of halogens is 4. The van der Waals surface area contributed by atoms with Gasteiger partial charge in [-0.05, 0) is 52.9 Å². The van der Waals surface area contributed by atoms with E-state index in [0.29, 0.717) is 0 Å². The molecule has 2 N–H and O–H groups in total. The lowest BCUT2D eigenvalue weighted by Crippen LogP contribution is -2.08. The van der Waals surface area contributed by atoms with E-state index in [0.717, 1.165) is 15.2 Å². The van der Waals surface area contributed by atoms with Crippen molar-refractivity contribution in [3.63, 3.8) is 0 Å². The minimum Gasteiger partial charge on any atom is -0.438 e. The molecule has 22 heavy (non-hydrogen) atoms. The topological polar surface area (TPSA) is 60.7 Å². The molecule has 0 spiro atoms. The summed E-state index contributed by atoms with van der Waals surface area (Å²) in [5, 5.41) is 0. The quantitative estimate of drug-likeness (QED) is 0.603. The predicted octanol–water partition coefficient (Wildman–Crippen LogP) is 3.85. The van der Waals surface area contributed by atoms with Gasteiger partial charge in [0.1, 0.15) is 23.6 Å². The molecule has 0 saturated carbocycles. The standard InChI is InChI=1S/C14H10F3IN2O2/c15-14(16,17)9-2-1-5-20-13(9)21-7-3-4-10(18)8(6-7)11-12(19)22-11/h1-6,11-12H,19H2. The van der Waals surface area contributed by atoms with Gasteiger partial charge in [-0.15, -0.1) is 0 Å². The van der Waals surface area contributed by atoms with Gasteiger partial charge in [-0.3, -0.25) is 0 Å². The number of nitrogens with zero attached hydrogens (tertiary/aromatic N) is 1. The second kappa shape index (κ2) is 5.67. The Balaban J connectivity index is 1.91. The maximum atomic E-state index is 12.9. The van der Waals surface area contributed by atoms with E-state index in [1.165, 1.54) is 12.3 Å². The van der Waals surface area contributed by atoms with E-state index in [2.05, 4.69) is 27.6 Å². The fraction of sp³-hybridized carbons (Fsp3) is 0.214. The highest BCUT2D eigenvalue weighted by Gasteiger charge is 2.38. The molecule has 116 valence electrons. The zero-order valence-corrected chi connectivity index (χ0v) is 13.1. The number of hydrogen-bond acceptors (Lipinski definition) is 4. The SMILES string of the molecule is NC1OC1c1cc(Oc2ncccc2C(F)(F)F)ccc1I. The van der Waals surface area contributed by atoms with Crippen LogP contribution in [0, 0.1) is 3.57 Å². The number of nitrogens with two attached hydrogens (primary N) is 1. The molecule has 1 aromatic carbocycles. The minimum atomic E-state index is -4.53. The first-order chi connectivity index (χ1) is 10.4. The number of benzene rings is 1. The van der Waals surface area contributed by atoms with Crippen molar-refractivity contribution in [2.75, 3.05) is 0 Å². The zero-order chi connectivity index (χ0) is 15.9. The predicted molar refractivity (Wildman–Crippen MR) is 80.3 cm³/mol. The van der Waals surface area contributed by atoms with Crippen LogP contribution in [0.4, 0.5) is 13.2 Å². The van der Waals surface area contributed by atoms with Crippen molar-refractivity contribution < 1.29 is 22.6 Å². The van der Waals surface area contributed by atoms with Crippen molar-refractivity contribution in [3.05, 3.63) is 51.2 Å². The summed E-state index contributed by atoms with van der Waals surface area (Å²) in [6.07, 6.45) is -3.92. The third kappa shape index (κ3) is 3.18. The van der Waals surface area contributed by atoms with Crippen molar-refractivity contribution in [2.24, 2.45) is 5.73 Å². The van der Waals surface area contributed by atoms with Gasteiger partial charge in [-0.25, -0.2) is 4.98 Å². The van der Waals surface area contributed by atoms with Crippen LogP contribution in [0.2, 0.25) is 0 Å². The van der Waals surface area contributed by atoms with E-state index in [1.54, 1.807) is 18.2 Å². The maximum absolute atomic E-state index is 12.9. The van der Waals surface area contributed by atoms with Gasteiger partial charge in [-0.1, -0.05) is 0 Å². The van der Waals surface area contributed by atoms with Crippen molar-refractivity contribution in [3.8, 4) is 11.6 Å². The number of alkyl halides is 3. The van der Waals surface area contributed by atoms with E-state index >= 15 is 0 Å². The fourth-order valence-corrected chi connectivity index (χ4v) is 2.62. The van der Waals surface area contributed by atoms with Crippen molar-refractivity contribution in [1.29, 1.82) is 0 Å². The summed E-state index contributed by atoms with van der Waals surface area (Å²) < 4.78 is 50.2. The summed E-state index contributed by atoms with van der Waals surface area (Å²) in [6.45, 7) is 0. The lowest BCUT2D eigenvalue weighted by Gasteiger charge is -2.13. The number of hydrogen-bond donors (Lipinski definition) is 1. The molecule has 1 aliphatic rings. The summed E-state index contributed by atoms with van der Waals surface area (Å²) in [5.41, 5.74) is 5.49. The van der Waals surface area contributed by atoms with Crippen LogP contribution in [0.15, 0.2) is 36.5 Å². The molecule has 2 unspecified atom stereocenters. The average Bonchev–Trinajstić information content (AvgIpc) is 3.17. The number of aromatic nitrogens is 1. The largest absolute Gasteiger partial charge is 0.438 e. The van der Waals surface area contributed by atoms with Gasteiger partial charge in [0.05, 0.1) is 0 Å². The van der Waals surface area contributed by atoms with Crippen LogP contribution in [0.5, 0.6) is 11.6 Å². The summed E-state index contributed by atoms with van der Waals surface area (Å²) in [5.74, 6) is -0.231. The minimum absolute atomic E-state index is 0.249. The molecule has 4 nitrogen and oxygen atoms in total. The first kappa shape index (κ1) is 15.5. The third-order valence-corrected chi connectivity index (χ3v) is 4.07. The monoisotopic (exact) mass is 422 g/mol. The van der Waals surface area contributed by atoms with E-state index in [1.807, 2.05) is 0 Å². The van der Waals surface area contributed by atoms with Gasteiger partial charge in [-0.2, -0.15) is 13.2 Å². The lowest BCUT2D eigenvalue weighted by atomic mass is 10.1. The van der Waals surface area contributed by atoms with E-state index in [-0.39, 0.29) is 18.1 Å². The Bertz CT molecular complexity index is 709. The summed E-state index contributed by atoms with van der Waals surface area (Å²) in [4.78, 5) is 3.67. The second-order valence-electron chi connectivity index (χ2n) is 4.66. The molecule has 1 saturated heterocycles. The van der Waals surface area contributed by atoms with Crippen LogP contribution in [-0.2, 0) is 10.9 Å². The van der Waals surface area contributed by atoms with E-state index in [4.69, 9.17) is 15.2 Å². The third-order valence-electron chi connectivity index (χ3n) is 3.09. The van der Waals surface area contributed by atoms with Crippen molar-refractivity contribution >= 4 is 22.6 Å². The average molecular weight is 422 g/mol. The van der Waals surface area contributed by atoms with Crippen LogP contribution in [-0.4, -0.2) is 11.2 Å². The van der Waals surface area contributed by atoms with Crippen LogP contribution >= 0.6 is 22.6 Å². The van der Waals surface area contributed by atoms with Gasteiger partial charge >= 0.3 is 6.18 Å². The van der Waals surface area contributed by atoms with Crippen LogP contribution in [0.3, 0.4) is 0 Å². The highest BCUT2D eigenvalue weighted by atomic mass is 127. The number of rotatable bonds is 3. The normalized spacial score (nSPS) is 20.8. The zero-order valence-electron chi connectivity index (χ0n) is 11.0. The smallest absolute Gasteiger partial charge is 0.421 e. The Labute approximate surface area is 137 Å². The summed E-state index contributed by atoms with van der Waals surface area (Å²) in [7, 11) is 0. The molecule has 0 amide bonds. The van der Waals surface area contributed by atoms with Gasteiger partial charge in [0.2, 0.25) is 5.88 Å². The molecule has 0 radical (unpaired) electrons.